The van der Waals surface area contributed by atoms with Gasteiger partial charge in [-0.1, -0.05) is 19.1 Å². The fourth-order valence-electron chi connectivity index (χ4n) is 3.08. The molecule has 0 aliphatic carbocycles. The maximum absolute atomic E-state index is 5.71. The van der Waals surface area contributed by atoms with E-state index in [0.717, 1.165) is 18.2 Å². The summed E-state index contributed by atoms with van der Waals surface area (Å²) in [5.41, 5.74) is 7.96. The lowest BCUT2D eigenvalue weighted by atomic mass is 10.0. The van der Waals surface area contributed by atoms with Crippen molar-refractivity contribution < 1.29 is 0 Å². The van der Waals surface area contributed by atoms with E-state index >= 15 is 0 Å². The fourth-order valence-corrected chi connectivity index (χ4v) is 3.08. The number of anilines is 1. The molecular weight excluding hydrogens is 246 g/mol. The van der Waals surface area contributed by atoms with E-state index in [0.29, 0.717) is 0 Å². The lowest BCUT2D eigenvalue weighted by Gasteiger charge is -2.36. The van der Waals surface area contributed by atoms with Crippen molar-refractivity contribution >= 4 is 5.69 Å². The second kappa shape index (κ2) is 7.65. The van der Waals surface area contributed by atoms with E-state index in [1.807, 2.05) is 12.1 Å². The zero-order valence-corrected chi connectivity index (χ0v) is 13.0. The first kappa shape index (κ1) is 15.3. The molecule has 0 atom stereocenters. The molecule has 0 spiro atoms. The van der Waals surface area contributed by atoms with Crippen LogP contribution in [0.1, 0.15) is 31.7 Å². The van der Waals surface area contributed by atoms with Crippen molar-refractivity contribution in [3.63, 3.8) is 0 Å². The average Bonchev–Trinajstić information content (AvgIpc) is 2.49. The maximum Gasteiger partial charge on any atom is 0.0314 e. The van der Waals surface area contributed by atoms with E-state index in [1.54, 1.807) is 0 Å². The molecule has 0 amide bonds. The summed E-state index contributed by atoms with van der Waals surface area (Å²) in [6, 6.07) is 9.08. The van der Waals surface area contributed by atoms with Gasteiger partial charge in [-0.05, 0) is 76.6 Å². The van der Waals surface area contributed by atoms with Crippen molar-refractivity contribution in [1.82, 2.24) is 9.80 Å². The summed E-state index contributed by atoms with van der Waals surface area (Å²) in [5, 5.41) is 0. The third-order valence-corrected chi connectivity index (χ3v) is 4.58. The van der Waals surface area contributed by atoms with Gasteiger partial charge < -0.3 is 15.5 Å². The molecule has 0 bridgehead atoms. The first-order valence-corrected chi connectivity index (χ1v) is 7.96. The highest BCUT2D eigenvalue weighted by molar-refractivity contribution is 5.39. The van der Waals surface area contributed by atoms with Gasteiger partial charge in [-0.2, -0.15) is 0 Å². The molecule has 1 aromatic rings. The summed E-state index contributed by atoms with van der Waals surface area (Å²) in [4.78, 5) is 5.11. The number of likely N-dealkylation sites (tertiary alicyclic amines) is 1. The van der Waals surface area contributed by atoms with Gasteiger partial charge in [0.2, 0.25) is 0 Å². The Morgan fingerprint density at radius 1 is 1.20 bits per heavy atom. The molecule has 20 heavy (non-hydrogen) atoms. The van der Waals surface area contributed by atoms with Crippen molar-refractivity contribution in [2.24, 2.45) is 0 Å². The number of benzene rings is 1. The average molecular weight is 275 g/mol. The molecule has 1 aliphatic heterocycles. The summed E-state index contributed by atoms with van der Waals surface area (Å²) in [6.45, 7) is 7.19. The summed E-state index contributed by atoms with van der Waals surface area (Å²) in [7, 11) is 2.29. The van der Waals surface area contributed by atoms with Crippen LogP contribution in [0.5, 0.6) is 0 Å². The van der Waals surface area contributed by atoms with E-state index < -0.39 is 0 Å². The second-order valence-electron chi connectivity index (χ2n) is 5.99. The standard InChI is InChI=1S/C17H29N3/c1-3-20-13-10-17(11-14-20)19(2)12-4-5-15-6-8-16(18)9-7-15/h6-9,17H,3-5,10-14,18H2,1-2H3. The van der Waals surface area contributed by atoms with E-state index in [2.05, 4.69) is 35.9 Å². The first-order chi connectivity index (χ1) is 9.69. The molecule has 1 fully saturated rings. The number of hydrogen-bond donors (Lipinski definition) is 1. The largest absolute Gasteiger partial charge is 0.399 e. The normalized spacial score (nSPS) is 17.8. The summed E-state index contributed by atoms with van der Waals surface area (Å²) in [5.74, 6) is 0. The van der Waals surface area contributed by atoms with Crippen LogP contribution in [-0.2, 0) is 6.42 Å². The minimum Gasteiger partial charge on any atom is -0.399 e. The van der Waals surface area contributed by atoms with Gasteiger partial charge in [-0.3, -0.25) is 0 Å². The Morgan fingerprint density at radius 2 is 1.85 bits per heavy atom. The minimum atomic E-state index is 0.782. The summed E-state index contributed by atoms with van der Waals surface area (Å²) in [6.07, 6.45) is 5.03. The molecule has 112 valence electrons. The Kier molecular flexibility index (Phi) is 5.86. The molecule has 3 heteroatoms. The van der Waals surface area contributed by atoms with E-state index in [1.165, 1.54) is 51.0 Å². The van der Waals surface area contributed by atoms with Crippen molar-refractivity contribution in [3.8, 4) is 0 Å². The molecule has 2 N–H and O–H groups in total. The molecule has 0 unspecified atom stereocenters. The number of rotatable bonds is 6. The second-order valence-corrected chi connectivity index (χ2v) is 5.99. The van der Waals surface area contributed by atoms with Crippen LogP contribution < -0.4 is 5.73 Å². The van der Waals surface area contributed by atoms with Gasteiger partial charge in [0.1, 0.15) is 0 Å². The molecule has 0 aromatic heterocycles. The third kappa shape index (κ3) is 4.50. The van der Waals surface area contributed by atoms with Crippen LogP contribution >= 0.6 is 0 Å². The van der Waals surface area contributed by atoms with Crippen LogP contribution in [-0.4, -0.2) is 49.1 Å². The van der Waals surface area contributed by atoms with Gasteiger partial charge in [0, 0.05) is 11.7 Å². The molecule has 0 saturated carbocycles. The molecule has 1 saturated heterocycles. The minimum absolute atomic E-state index is 0.782. The van der Waals surface area contributed by atoms with E-state index in [-0.39, 0.29) is 0 Å². The Bertz CT molecular complexity index is 380. The Balaban J connectivity index is 1.67. The lowest BCUT2D eigenvalue weighted by molar-refractivity contribution is 0.131. The molecule has 3 nitrogen and oxygen atoms in total. The highest BCUT2D eigenvalue weighted by Gasteiger charge is 2.20. The Hall–Kier alpha value is -1.06. The first-order valence-electron chi connectivity index (χ1n) is 7.96. The van der Waals surface area contributed by atoms with Gasteiger partial charge in [0.25, 0.3) is 0 Å². The molecule has 0 radical (unpaired) electrons. The topological polar surface area (TPSA) is 32.5 Å². The molecule has 1 aromatic carbocycles. The molecular formula is C17H29N3. The third-order valence-electron chi connectivity index (χ3n) is 4.58. The highest BCUT2D eigenvalue weighted by Crippen LogP contribution is 2.16. The Morgan fingerprint density at radius 3 is 2.45 bits per heavy atom. The van der Waals surface area contributed by atoms with Crippen LogP contribution in [0, 0.1) is 0 Å². The number of hydrogen-bond acceptors (Lipinski definition) is 3. The van der Waals surface area contributed by atoms with Crippen molar-refractivity contribution in [1.29, 1.82) is 0 Å². The zero-order chi connectivity index (χ0) is 14.4. The van der Waals surface area contributed by atoms with Gasteiger partial charge >= 0.3 is 0 Å². The van der Waals surface area contributed by atoms with E-state index in [4.69, 9.17) is 5.73 Å². The van der Waals surface area contributed by atoms with Gasteiger partial charge in [-0.15, -0.1) is 0 Å². The summed E-state index contributed by atoms with van der Waals surface area (Å²) < 4.78 is 0. The SMILES string of the molecule is CCN1CCC(N(C)CCCc2ccc(N)cc2)CC1. The fraction of sp³-hybridized carbons (Fsp3) is 0.647. The molecule has 1 aliphatic rings. The van der Waals surface area contributed by atoms with Crippen LogP contribution in [0.2, 0.25) is 0 Å². The Labute approximate surface area is 123 Å². The number of nitrogen functional groups attached to an aromatic ring is 1. The quantitative estimate of drug-likeness (QED) is 0.810. The van der Waals surface area contributed by atoms with Gasteiger partial charge in [-0.25, -0.2) is 0 Å². The monoisotopic (exact) mass is 275 g/mol. The van der Waals surface area contributed by atoms with Crippen LogP contribution in [0.25, 0.3) is 0 Å². The number of aryl methyl sites for hydroxylation is 1. The highest BCUT2D eigenvalue weighted by atomic mass is 15.2. The van der Waals surface area contributed by atoms with Crippen LogP contribution in [0.4, 0.5) is 5.69 Å². The predicted octanol–water partition coefficient (Wildman–Crippen LogP) is 2.62. The number of piperidine rings is 1. The number of nitrogens with two attached hydrogens (primary N) is 1. The smallest absolute Gasteiger partial charge is 0.0314 e. The summed E-state index contributed by atoms with van der Waals surface area (Å²) >= 11 is 0. The van der Waals surface area contributed by atoms with Crippen LogP contribution in [0.15, 0.2) is 24.3 Å². The number of nitrogens with zero attached hydrogens (tertiary/aromatic N) is 2. The van der Waals surface area contributed by atoms with E-state index in [9.17, 15) is 0 Å². The van der Waals surface area contributed by atoms with Crippen molar-refractivity contribution in [2.75, 3.05) is 39.0 Å². The van der Waals surface area contributed by atoms with Crippen molar-refractivity contribution in [2.45, 2.75) is 38.6 Å². The predicted molar refractivity (Wildman–Crippen MR) is 86.9 cm³/mol. The lowest BCUT2D eigenvalue weighted by Crippen LogP contribution is -2.43. The maximum atomic E-state index is 5.71. The van der Waals surface area contributed by atoms with Crippen LogP contribution in [0.3, 0.4) is 0 Å². The zero-order valence-electron chi connectivity index (χ0n) is 13.0. The van der Waals surface area contributed by atoms with Gasteiger partial charge in [0.15, 0.2) is 0 Å². The molecule has 2 rings (SSSR count). The van der Waals surface area contributed by atoms with Gasteiger partial charge in [0.05, 0.1) is 0 Å². The van der Waals surface area contributed by atoms with Crippen molar-refractivity contribution in [3.05, 3.63) is 29.8 Å². The molecule has 1 heterocycles.